The Balaban J connectivity index is 0.000000791. The highest BCUT2D eigenvalue weighted by Gasteiger charge is 2.09. The molecular formula is C12H22N2. The fourth-order valence-electron chi connectivity index (χ4n) is 1.14. The third-order valence-electron chi connectivity index (χ3n) is 2.01. The quantitative estimate of drug-likeness (QED) is 0.682. The van der Waals surface area contributed by atoms with Gasteiger partial charge < -0.3 is 5.32 Å². The molecule has 2 heteroatoms. The molecule has 1 rings (SSSR count). The molecule has 0 aromatic rings. The predicted octanol–water partition coefficient (Wildman–Crippen LogP) is 2.93. The molecule has 1 saturated heterocycles. The van der Waals surface area contributed by atoms with Gasteiger partial charge in [-0.3, -0.25) is 4.99 Å². The lowest BCUT2D eigenvalue weighted by Gasteiger charge is -2.16. The monoisotopic (exact) mass is 194 g/mol. The lowest BCUT2D eigenvalue weighted by atomic mass is 10.1. The van der Waals surface area contributed by atoms with Crippen LogP contribution in [0.4, 0.5) is 0 Å². The van der Waals surface area contributed by atoms with Gasteiger partial charge in [0.2, 0.25) is 0 Å². The zero-order chi connectivity index (χ0) is 11.0. The highest BCUT2D eigenvalue weighted by Crippen LogP contribution is 2.07. The van der Waals surface area contributed by atoms with Crippen molar-refractivity contribution in [3.05, 3.63) is 23.9 Å². The Labute approximate surface area is 87.8 Å². The maximum Gasteiger partial charge on any atom is 0.0458 e. The molecule has 1 aliphatic rings. The maximum absolute atomic E-state index is 4.47. The first-order chi connectivity index (χ1) is 6.74. The molecule has 2 nitrogen and oxygen atoms in total. The van der Waals surface area contributed by atoms with Crippen LogP contribution in [-0.2, 0) is 0 Å². The van der Waals surface area contributed by atoms with E-state index in [9.17, 15) is 0 Å². The lowest BCUT2D eigenvalue weighted by Crippen LogP contribution is -2.30. The van der Waals surface area contributed by atoms with Gasteiger partial charge in [0.25, 0.3) is 0 Å². The van der Waals surface area contributed by atoms with E-state index in [1.54, 1.807) is 0 Å². The number of hydrogen-bond donors (Lipinski definition) is 1. The van der Waals surface area contributed by atoms with Gasteiger partial charge in [-0.25, -0.2) is 0 Å². The Morgan fingerprint density at radius 3 is 2.64 bits per heavy atom. The summed E-state index contributed by atoms with van der Waals surface area (Å²) in [5.41, 5.74) is 3.36. The molecule has 1 heterocycles. The van der Waals surface area contributed by atoms with Gasteiger partial charge in [0.05, 0.1) is 0 Å². The molecular weight excluding hydrogens is 172 g/mol. The molecule has 0 unspecified atom stereocenters. The second-order valence-electron chi connectivity index (χ2n) is 3.02. The third-order valence-corrected chi connectivity index (χ3v) is 2.01. The van der Waals surface area contributed by atoms with Crippen LogP contribution in [0.15, 0.2) is 28.9 Å². The van der Waals surface area contributed by atoms with E-state index in [4.69, 9.17) is 0 Å². The second kappa shape index (κ2) is 7.51. The molecule has 14 heavy (non-hydrogen) atoms. The SMILES string of the molecule is C=C1CNCCC1=N/C(C)=C\C.CC. The van der Waals surface area contributed by atoms with Crippen molar-refractivity contribution >= 4 is 5.71 Å². The van der Waals surface area contributed by atoms with Crippen LogP contribution in [0.1, 0.15) is 34.1 Å². The van der Waals surface area contributed by atoms with Gasteiger partial charge in [-0.2, -0.15) is 0 Å². The number of nitrogens with one attached hydrogen (secondary N) is 1. The van der Waals surface area contributed by atoms with Crippen molar-refractivity contribution in [2.45, 2.75) is 34.1 Å². The first kappa shape index (κ1) is 13.1. The molecule has 0 spiro atoms. The Hall–Kier alpha value is -0.890. The zero-order valence-corrected chi connectivity index (χ0v) is 9.85. The van der Waals surface area contributed by atoms with Gasteiger partial charge in [-0.1, -0.05) is 26.5 Å². The minimum absolute atomic E-state index is 0.885. The van der Waals surface area contributed by atoms with Crippen LogP contribution < -0.4 is 5.32 Å². The largest absolute Gasteiger partial charge is 0.312 e. The minimum Gasteiger partial charge on any atom is -0.312 e. The number of aliphatic imine (C=N–C) groups is 1. The molecule has 0 aliphatic carbocycles. The summed E-state index contributed by atoms with van der Waals surface area (Å²) in [7, 11) is 0. The number of rotatable bonds is 1. The Morgan fingerprint density at radius 2 is 2.14 bits per heavy atom. The Kier molecular flexibility index (Phi) is 7.03. The average molecular weight is 194 g/mol. The topological polar surface area (TPSA) is 24.4 Å². The van der Waals surface area contributed by atoms with E-state index in [-0.39, 0.29) is 0 Å². The van der Waals surface area contributed by atoms with Gasteiger partial charge in [-0.15, -0.1) is 0 Å². The lowest BCUT2D eigenvalue weighted by molar-refractivity contribution is 0.731. The summed E-state index contributed by atoms with van der Waals surface area (Å²) in [5.74, 6) is 0. The normalized spacial score (nSPS) is 20.4. The van der Waals surface area contributed by atoms with Crippen LogP contribution in [0.5, 0.6) is 0 Å². The molecule has 1 N–H and O–H groups in total. The van der Waals surface area contributed by atoms with Crippen LogP contribution in [0.25, 0.3) is 0 Å². The summed E-state index contributed by atoms with van der Waals surface area (Å²) in [4.78, 5) is 4.47. The van der Waals surface area contributed by atoms with Crippen molar-refractivity contribution < 1.29 is 0 Å². The Bertz CT molecular complexity index is 237. The summed E-state index contributed by atoms with van der Waals surface area (Å²) in [6.45, 7) is 13.9. The summed E-state index contributed by atoms with van der Waals surface area (Å²) >= 11 is 0. The molecule has 0 bridgehead atoms. The summed E-state index contributed by atoms with van der Waals surface area (Å²) in [6.07, 6.45) is 3.02. The molecule has 0 radical (unpaired) electrons. The van der Waals surface area contributed by atoms with E-state index in [0.717, 1.165) is 36.5 Å². The molecule has 80 valence electrons. The van der Waals surface area contributed by atoms with E-state index >= 15 is 0 Å². The highest BCUT2D eigenvalue weighted by molar-refractivity contribution is 6.01. The average Bonchev–Trinajstić information content (AvgIpc) is 2.24. The molecule has 0 aromatic carbocycles. The van der Waals surface area contributed by atoms with Crippen LogP contribution in [0.3, 0.4) is 0 Å². The minimum atomic E-state index is 0.885. The zero-order valence-electron chi connectivity index (χ0n) is 9.85. The maximum atomic E-state index is 4.47. The fourth-order valence-corrected chi connectivity index (χ4v) is 1.14. The van der Waals surface area contributed by atoms with Gasteiger partial charge >= 0.3 is 0 Å². The van der Waals surface area contributed by atoms with E-state index < -0.39 is 0 Å². The van der Waals surface area contributed by atoms with Crippen LogP contribution in [0.2, 0.25) is 0 Å². The van der Waals surface area contributed by atoms with Crippen LogP contribution in [0, 0.1) is 0 Å². The van der Waals surface area contributed by atoms with E-state index in [0.29, 0.717) is 0 Å². The standard InChI is InChI=1S/C10H16N2.C2H6/c1-4-9(3)12-10-5-6-11-7-8(10)2;1-2/h4,11H,2,5-7H2,1,3H3;1-2H3/b9-4-,12-10?;. The van der Waals surface area contributed by atoms with Crippen molar-refractivity contribution in [1.82, 2.24) is 5.32 Å². The third kappa shape index (κ3) is 4.38. The van der Waals surface area contributed by atoms with Crippen molar-refractivity contribution in [3.63, 3.8) is 0 Å². The first-order valence-electron chi connectivity index (χ1n) is 5.33. The van der Waals surface area contributed by atoms with Crippen LogP contribution in [-0.4, -0.2) is 18.8 Å². The summed E-state index contributed by atoms with van der Waals surface area (Å²) in [6, 6.07) is 0. The Morgan fingerprint density at radius 1 is 1.50 bits per heavy atom. The predicted molar refractivity (Wildman–Crippen MR) is 64.8 cm³/mol. The number of nitrogens with zero attached hydrogens (tertiary/aromatic N) is 1. The van der Waals surface area contributed by atoms with Crippen molar-refractivity contribution in [1.29, 1.82) is 0 Å². The number of piperidine rings is 1. The van der Waals surface area contributed by atoms with Crippen molar-refractivity contribution in [3.8, 4) is 0 Å². The molecule has 0 amide bonds. The highest BCUT2D eigenvalue weighted by atomic mass is 14.9. The summed E-state index contributed by atoms with van der Waals surface area (Å²) < 4.78 is 0. The molecule has 1 fully saturated rings. The van der Waals surface area contributed by atoms with E-state index in [1.165, 1.54) is 0 Å². The van der Waals surface area contributed by atoms with Gasteiger partial charge in [0, 0.05) is 30.9 Å². The molecule has 0 aromatic heterocycles. The van der Waals surface area contributed by atoms with Crippen LogP contribution >= 0.6 is 0 Å². The molecule has 0 atom stereocenters. The van der Waals surface area contributed by atoms with Gasteiger partial charge in [0.15, 0.2) is 0 Å². The number of allylic oxidation sites excluding steroid dienone is 2. The second-order valence-corrected chi connectivity index (χ2v) is 3.02. The van der Waals surface area contributed by atoms with Gasteiger partial charge in [-0.05, 0) is 19.4 Å². The smallest absolute Gasteiger partial charge is 0.0458 e. The summed E-state index contributed by atoms with van der Waals surface area (Å²) in [5, 5.41) is 3.26. The fraction of sp³-hybridized carbons (Fsp3) is 0.583. The number of hydrogen-bond acceptors (Lipinski definition) is 2. The van der Waals surface area contributed by atoms with Gasteiger partial charge in [0.1, 0.15) is 0 Å². The molecule has 1 aliphatic heterocycles. The molecule has 0 saturated carbocycles. The first-order valence-corrected chi connectivity index (χ1v) is 5.33. The van der Waals surface area contributed by atoms with E-state index in [1.807, 2.05) is 33.8 Å². The van der Waals surface area contributed by atoms with Crippen molar-refractivity contribution in [2.75, 3.05) is 13.1 Å². The van der Waals surface area contributed by atoms with E-state index in [2.05, 4.69) is 16.9 Å². The van der Waals surface area contributed by atoms with Crippen molar-refractivity contribution in [2.24, 2.45) is 4.99 Å².